The van der Waals surface area contributed by atoms with E-state index in [-0.39, 0.29) is 18.4 Å². The maximum absolute atomic E-state index is 12.0. The Kier molecular flexibility index (Phi) is 3.10. The van der Waals surface area contributed by atoms with Gasteiger partial charge in [0, 0.05) is 0 Å². The van der Waals surface area contributed by atoms with Crippen molar-refractivity contribution >= 4 is 23.2 Å². The lowest BCUT2D eigenvalue weighted by Crippen LogP contribution is -2.45. The number of benzene rings is 1. The molecule has 17 heavy (non-hydrogen) atoms. The molecule has 0 aromatic heterocycles. The van der Waals surface area contributed by atoms with Crippen LogP contribution in [0.3, 0.4) is 0 Å². The van der Waals surface area contributed by atoms with Crippen LogP contribution in [-0.4, -0.2) is 43.9 Å². The average Bonchev–Trinajstić information content (AvgIpc) is 2.26. The largest absolute Gasteiger partial charge is 0.323 e. The summed E-state index contributed by atoms with van der Waals surface area (Å²) in [6.45, 7) is 0.380. The van der Waals surface area contributed by atoms with Crippen LogP contribution in [0.15, 0.2) is 24.3 Å². The van der Waals surface area contributed by atoms with E-state index in [2.05, 4.69) is 5.32 Å². The monoisotopic (exact) mass is 233 g/mol. The molecule has 0 unspecified atom stereocenters. The molecule has 5 heteroatoms. The topological polar surface area (TPSA) is 52.7 Å². The summed E-state index contributed by atoms with van der Waals surface area (Å²) in [4.78, 5) is 26.8. The summed E-state index contributed by atoms with van der Waals surface area (Å²) < 4.78 is 0. The second kappa shape index (κ2) is 4.55. The summed E-state index contributed by atoms with van der Waals surface area (Å²) in [5.74, 6) is -0.229. The van der Waals surface area contributed by atoms with E-state index < -0.39 is 0 Å². The first-order chi connectivity index (χ1) is 8.08. The van der Waals surface area contributed by atoms with Crippen molar-refractivity contribution < 1.29 is 9.59 Å². The van der Waals surface area contributed by atoms with Gasteiger partial charge in [0.1, 0.15) is 6.54 Å². The van der Waals surface area contributed by atoms with Crippen LogP contribution < -0.4 is 10.2 Å². The molecule has 0 aliphatic carbocycles. The van der Waals surface area contributed by atoms with E-state index >= 15 is 0 Å². The normalized spacial score (nSPS) is 14.5. The predicted molar refractivity (Wildman–Crippen MR) is 66.0 cm³/mol. The Morgan fingerprint density at radius 2 is 2.12 bits per heavy atom. The van der Waals surface area contributed by atoms with Crippen molar-refractivity contribution in [3.05, 3.63) is 24.3 Å². The highest BCUT2D eigenvalue weighted by atomic mass is 16.2. The van der Waals surface area contributed by atoms with Crippen LogP contribution in [-0.2, 0) is 9.59 Å². The minimum absolute atomic E-state index is 0.0719. The summed E-state index contributed by atoms with van der Waals surface area (Å²) in [6, 6.07) is 7.32. The number of carbonyl (C=O) groups excluding carboxylic acids is 2. The molecule has 1 aliphatic rings. The average molecular weight is 233 g/mol. The summed E-state index contributed by atoms with van der Waals surface area (Å²) >= 11 is 0. The third-order valence-corrected chi connectivity index (χ3v) is 2.52. The Labute approximate surface area is 100 Å². The number of anilines is 2. The quantitative estimate of drug-likeness (QED) is 0.811. The number of nitrogens with zero attached hydrogens (tertiary/aromatic N) is 2. The van der Waals surface area contributed by atoms with E-state index in [0.717, 1.165) is 5.69 Å². The van der Waals surface area contributed by atoms with Gasteiger partial charge in [0.2, 0.25) is 11.8 Å². The molecule has 1 N–H and O–H groups in total. The van der Waals surface area contributed by atoms with Crippen LogP contribution in [0, 0.1) is 0 Å². The standard InChI is InChI=1S/C12H15N3O2/c1-14(2)8-12(17)15-7-11(16)13-9-5-3-4-6-10(9)15/h3-6H,7-8H2,1-2H3,(H,13,16). The van der Waals surface area contributed by atoms with Crippen LogP contribution in [0.2, 0.25) is 0 Å². The van der Waals surface area contributed by atoms with E-state index in [0.29, 0.717) is 12.2 Å². The van der Waals surface area contributed by atoms with Gasteiger partial charge in [0.25, 0.3) is 0 Å². The summed E-state index contributed by atoms with van der Waals surface area (Å²) in [7, 11) is 3.65. The molecular weight excluding hydrogens is 218 g/mol. The first-order valence-electron chi connectivity index (χ1n) is 5.42. The van der Waals surface area contributed by atoms with Crippen LogP contribution in [0.4, 0.5) is 11.4 Å². The molecule has 90 valence electrons. The van der Waals surface area contributed by atoms with Crippen molar-refractivity contribution in [2.75, 3.05) is 37.4 Å². The first kappa shape index (κ1) is 11.6. The molecule has 5 nitrogen and oxygen atoms in total. The zero-order chi connectivity index (χ0) is 12.4. The maximum Gasteiger partial charge on any atom is 0.244 e. The van der Waals surface area contributed by atoms with Gasteiger partial charge in [0.05, 0.1) is 17.9 Å². The second-order valence-corrected chi connectivity index (χ2v) is 4.28. The lowest BCUT2D eigenvalue weighted by atomic mass is 10.2. The molecule has 1 heterocycles. The molecule has 2 rings (SSSR count). The zero-order valence-electron chi connectivity index (χ0n) is 9.93. The van der Waals surface area contributed by atoms with Gasteiger partial charge in [-0.05, 0) is 26.2 Å². The fourth-order valence-corrected chi connectivity index (χ4v) is 1.81. The number of fused-ring (bicyclic) bond motifs is 1. The molecule has 0 spiro atoms. The van der Waals surface area contributed by atoms with E-state index in [1.807, 2.05) is 32.3 Å². The van der Waals surface area contributed by atoms with Crippen molar-refractivity contribution in [3.8, 4) is 0 Å². The lowest BCUT2D eigenvalue weighted by molar-refractivity contribution is -0.122. The molecule has 1 aliphatic heterocycles. The molecule has 1 aromatic rings. The van der Waals surface area contributed by atoms with E-state index in [4.69, 9.17) is 0 Å². The molecular formula is C12H15N3O2. The minimum Gasteiger partial charge on any atom is -0.323 e. The predicted octanol–water partition coefficient (Wildman–Crippen LogP) is 0.533. The molecule has 0 saturated heterocycles. The second-order valence-electron chi connectivity index (χ2n) is 4.28. The van der Waals surface area contributed by atoms with Crippen molar-refractivity contribution in [2.45, 2.75) is 0 Å². The summed E-state index contributed by atoms with van der Waals surface area (Å²) in [6.07, 6.45) is 0. The Morgan fingerprint density at radius 3 is 2.82 bits per heavy atom. The Bertz CT molecular complexity index is 457. The van der Waals surface area contributed by atoms with Crippen molar-refractivity contribution in [1.29, 1.82) is 0 Å². The lowest BCUT2D eigenvalue weighted by Gasteiger charge is -2.29. The van der Waals surface area contributed by atoms with Gasteiger partial charge in [0.15, 0.2) is 0 Å². The van der Waals surface area contributed by atoms with Crippen molar-refractivity contribution in [3.63, 3.8) is 0 Å². The molecule has 2 amide bonds. The molecule has 0 saturated carbocycles. The molecule has 0 fully saturated rings. The van der Waals surface area contributed by atoms with Gasteiger partial charge in [-0.25, -0.2) is 0 Å². The first-order valence-corrected chi connectivity index (χ1v) is 5.42. The number of hydrogen-bond acceptors (Lipinski definition) is 3. The minimum atomic E-state index is -0.157. The number of nitrogens with one attached hydrogen (secondary N) is 1. The van der Waals surface area contributed by atoms with Gasteiger partial charge in [-0.3, -0.25) is 14.5 Å². The highest BCUT2D eigenvalue weighted by Crippen LogP contribution is 2.28. The fourth-order valence-electron chi connectivity index (χ4n) is 1.81. The third kappa shape index (κ3) is 2.45. The van der Waals surface area contributed by atoms with Crippen LogP contribution in [0.5, 0.6) is 0 Å². The number of rotatable bonds is 2. The van der Waals surface area contributed by atoms with Gasteiger partial charge in [-0.15, -0.1) is 0 Å². The third-order valence-electron chi connectivity index (χ3n) is 2.52. The van der Waals surface area contributed by atoms with Crippen LogP contribution >= 0.6 is 0 Å². The van der Waals surface area contributed by atoms with E-state index in [9.17, 15) is 9.59 Å². The summed E-state index contributed by atoms with van der Waals surface area (Å²) in [5.41, 5.74) is 1.45. The Hall–Kier alpha value is -1.88. The molecule has 0 radical (unpaired) electrons. The van der Waals surface area contributed by atoms with E-state index in [1.165, 1.54) is 4.90 Å². The number of para-hydroxylation sites is 2. The van der Waals surface area contributed by atoms with Gasteiger partial charge >= 0.3 is 0 Å². The molecule has 1 aromatic carbocycles. The zero-order valence-corrected chi connectivity index (χ0v) is 9.93. The highest BCUT2D eigenvalue weighted by Gasteiger charge is 2.26. The van der Waals surface area contributed by atoms with Crippen LogP contribution in [0.1, 0.15) is 0 Å². The van der Waals surface area contributed by atoms with Crippen molar-refractivity contribution in [2.24, 2.45) is 0 Å². The number of likely N-dealkylation sites (N-methyl/N-ethyl adjacent to an activating group) is 1. The van der Waals surface area contributed by atoms with Crippen molar-refractivity contribution in [1.82, 2.24) is 4.90 Å². The summed E-state index contributed by atoms with van der Waals surface area (Å²) in [5, 5.41) is 2.75. The number of hydrogen-bond donors (Lipinski definition) is 1. The molecule has 0 bridgehead atoms. The number of carbonyl (C=O) groups is 2. The fraction of sp³-hybridized carbons (Fsp3) is 0.333. The van der Waals surface area contributed by atoms with Crippen LogP contribution in [0.25, 0.3) is 0 Å². The smallest absolute Gasteiger partial charge is 0.244 e. The number of amides is 2. The highest BCUT2D eigenvalue weighted by molar-refractivity contribution is 6.10. The van der Waals surface area contributed by atoms with Gasteiger partial charge in [-0.1, -0.05) is 12.1 Å². The molecule has 0 atom stereocenters. The van der Waals surface area contributed by atoms with E-state index in [1.54, 1.807) is 11.0 Å². The van der Waals surface area contributed by atoms with Gasteiger partial charge in [-0.2, -0.15) is 0 Å². The Balaban J connectivity index is 2.29. The Morgan fingerprint density at radius 1 is 1.41 bits per heavy atom. The van der Waals surface area contributed by atoms with Gasteiger partial charge < -0.3 is 10.2 Å². The maximum atomic E-state index is 12.0. The SMILES string of the molecule is CN(C)CC(=O)N1CC(=O)Nc2ccccc21.